The Hall–Kier alpha value is -5.92. The zero-order chi connectivity index (χ0) is 54.4. The highest BCUT2D eigenvalue weighted by atomic mass is 35.5. The lowest BCUT2D eigenvalue weighted by Gasteiger charge is -2.40. The van der Waals surface area contributed by atoms with E-state index in [1.54, 1.807) is 32.0 Å². The molecular weight excluding hydrogens is 896 g/mol. The van der Waals surface area contributed by atoms with Crippen molar-refractivity contribution in [2.24, 2.45) is 5.92 Å². The van der Waals surface area contributed by atoms with E-state index in [1.165, 1.54) is 12.3 Å². The van der Waals surface area contributed by atoms with Gasteiger partial charge in [0.05, 0.1) is 56.1 Å². The summed E-state index contributed by atoms with van der Waals surface area (Å²) in [6.07, 6.45) is 1.01. The van der Waals surface area contributed by atoms with Gasteiger partial charge in [0.15, 0.2) is 27.3 Å². The van der Waals surface area contributed by atoms with Crippen molar-refractivity contribution in [2.45, 2.75) is 82.6 Å². The highest BCUT2D eigenvalue weighted by molar-refractivity contribution is 7.92. The molecule has 0 radical (unpaired) electrons. The minimum Gasteiger partial charge on any atom is -0.489 e. The maximum Gasteiger partial charge on any atom is 0.265 e. The summed E-state index contributed by atoms with van der Waals surface area (Å²) in [7, 11) is -3.68. The van der Waals surface area contributed by atoms with E-state index in [2.05, 4.69) is 20.6 Å². The largest absolute Gasteiger partial charge is 0.489 e. The molecule has 4 amide bonds. The maximum atomic E-state index is 16.2. The fourth-order valence-corrected chi connectivity index (χ4v) is 9.45. The van der Waals surface area contributed by atoms with Gasteiger partial charge in [-0.05, 0) is 89.6 Å². The van der Waals surface area contributed by atoms with Gasteiger partial charge >= 0.3 is 0 Å². The first-order valence-corrected chi connectivity index (χ1v) is 23.1. The van der Waals surface area contributed by atoms with Gasteiger partial charge in [-0.2, -0.15) is 4.98 Å². The number of nitrogens with one attached hydrogen (secondary N) is 3. The summed E-state index contributed by atoms with van der Waals surface area (Å²) >= 11 is 6.49. The molecular formula is C46H52ClF2N9O7S. The van der Waals surface area contributed by atoms with E-state index in [0.29, 0.717) is 53.2 Å². The monoisotopic (exact) mass is 955 g/mol. The minimum absolute atomic E-state index is 0.0710. The lowest BCUT2D eigenvalue weighted by Crippen LogP contribution is -2.54. The van der Waals surface area contributed by atoms with E-state index in [-0.39, 0.29) is 51.2 Å². The van der Waals surface area contributed by atoms with Crippen molar-refractivity contribution in [1.29, 1.82) is 0 Å². The Balaban J connectivity index is 1.00. The Kier molecular flexibility index (Phi) is 10.6. The number of hydrogen-bond acceptors (Lipinski definition) is 14. The number of aryl methyl sites for hydroxylation is 1. The molecule has 0 saturated carbocycles. The predicted molar refractivity (Wildman–Crippen MR) is 246 cm³/mol. The van der Waals surface area contributed by atoms with Crippen molar-refractivity contribution in [2.75, 3.05) is 66.1 Å². The van der Waals surface area contributed by atoms with Crippen molar-refractivity contribution in [3.8, 4) is 5.75 Å². The summed E-state index contributed by atoms with van der Waals surface area (Å²) in [5.41, 5.74) is -1.16. The molecule has 4 aromatic rings. The Labute approximate surface area is 398 Å². The zero-order valence-corrected chi connectivity index (χ0v) is 38.0. The number of benzene rings is 3. The summed E-state index contributed by atoms with van der Waals surface area (Å²) < 4.78 is 137. The number of hydrogen-bond donors (Lipinski definition) is 3. The van der Waals surface area contributed by atoms with E-state index in [4.69, 9.17) is 27.3 Å². The maximum absolute atomic E-state index is 16.2. The second-order valence-corrected chi connectivity index (χ2v) is 19.6. The summed E-state index contributed by atoms with van der Waals surface area (Å²) in [4.78, 5) is 62.8. The SMILES string of the molecule is [2H]C1([2H])N(CC2CCN(c3cc(OC(C)C)c(Nc4ncc(Cl)c(Nc5ccccc5S(=O)(=O)C(C)C)n4)cc3C)CC2)C([2H])([2H])C([2H])([2H])N(c2cc3c(c(F)c2F)C(=O)N(C2CCC(=O)NC2=O)C3=O)C1([2H])[2H]. The lowest BCUT2D eigenvalue weighted by molar-refractivity contribution is -0.136. The van der Waals surface area contributed by atoms with Gasteiger partial charge in [-0.3, -0.25) is 34.3 Å². The summed E-state index contributed by atoms with van der Waals surface area (Å²) in [5, 5.41) is 7.60. The van der Waals surface area contributed by atoms with E-state index in [0.717, 1.165) is 11.3 Å². The topological polar surface area (TPSA) is 186 Å². The van der Waals surface area contributed by atoms with Crippen LogP contribution in [0.4, 0.5) is 43.3 Å². The van der Waals surface area contributed by atoms with Gasteiger partial charge < -0.3 is 25.2 Å². The number of halogens is 3. The quantitative estimate of drug-likeness (QED) is 0.122. The number of carbonyl (C=O) groups excluding carboxylic acids is 4. The van der Waals surface area contributed by atoms with Crippen LogP contribution < -0.4 is 30.5 Å². The van der Waals surface area contributed by atoms with Crippen LogP contribution in [0.1, 0.15) is 90.6 Å². The smallest absolute Gasteiger partial charge is 0.265 e. The number of fused-ring (bicyclic) bond motifs is 1. The standard InChI is InChI=1S/C46H52ClF2N9O7S/c1-25(2)65-36-22-34(27(5)20-32(36)52-46-50-23-30(47)42(54-46)51-31-8-6-7-9-37(31)66(63,64)26(3)4)56-14-12-28(13-15-56)24-55-16-18-57(19-17-55)35-21-29-39(41(49)40(35)48)45(62)58(44(29)61)33-10-11-38(59)53-43(33)60/h6-9,20-23,25-26,28,33H,10-19,24H2,1-5H3,(H,53,59,60)(H2,50,51,52,54)/i16D2,17D2,18D2,19D2. The molecule has 4 aliphatic heterocycles. The third kappa shape index (κ3) is 9.24. The molecule has 1 unspecified atom stereocenters. The first-order valence-electron chi connectivity index (χ1n) is 25.2. The number of ether oxygens (including phenoxy) is 1. The fourth-order valence-electron chi connectivity index (χ4n) is 8.11. The van der Waals surface area contributed by atoms with Crippen LogP contribution in [0.3, 0.4) is 0 Å². The summed E-state index contributed by atoms with van der Waals surface area (Å²) in [6.45, 7) is -5.47. The van der Waals surface area contributed by atoms with E-state index < -0.39 is 112 Å². The number of piperidine rings is 2. The van der Waals surface area contributed by atoms with Crippen LogP contribution in [0.15, 0.2) is 53.6 Å². The molecule has 4 aliphatic rings. The zero-order valence-electron chi connectivity index (χ0n) is 44.5. The minimum atomic E-state index is -3.68. The number of para-hydroxylation sites is 1. The van der Waals surface area contributed by atoms with Crippen LogP contribution in [-0.4, -0.2) is 115 Å². The van der Waals surface area contributed by atoms with Gasteiger partial charge in [-0.25, -0.2) is 22.2 Å². The van der Waals surface area contributed by atoms with Gasteiger partial charge in [-0.1, -0.05) is 23.7 Å². The van der Waals surface area contributed by atoms with Crippen LogP contribution >= 0.6 is 11.6 Å². The molecule has 1 atom stereocenters. The average Bonchev–Trinajstić information content (AvgIpc) is 3.56. The first-order chi connectivity index (χ1) is 34.4. The molecule has 66 heavy (non-hydrogen) atoms. The fraction of sp³-hybridized carbons (Fsp3) is 0.435. The van der Waals surface area contributed by atoms with E-state index in [1.807, 2.05) is 43.1 Å². The van der Waals surface area contributed by atoms with Crippen LogP contribution in [0.5, 0.6) is 5.75 Å². The molecule has 0 spiro atoms. The number of imide groups is 2. The highest BCUT2D eigenvalue weighted by Crippen LogP contribution is 2.39. The van der Waals surface area contributed by atoms with Gasteiger partial charge in [0.25, 0.3) is 11.8 Å². The second-order valence-electron chi connectivity index (χ2n) is 16.7. The molecule has 3 aromatic carbocycles. The summed E-state index contributed by atoms with van der Waals surface area (Å²) in [5.74, 6) is -8.54. The molecule has 5 heterocycles. The van der Waals surface area contributed by atoms with Crippen LogP contribution in [-0.2, 0) is 19.4 Å². The molecule has 350 valence electrons. The lowest BCUT2D eigenvalue weighted by atomic mass is 9.95. The van der Waals surface area contributed by atoms with E-state index in [9.17, 15) is 27.6 Å². The second kappa shape index (κ2) is 18.8. The summed E-state index contributed by atoms with van der Waals surface area (Å²) in [6, 6.07) is 8.87. The number of rotatable bonds is 13. The van der Waals surface area contributed by atoms with Crippen LogP contribution in [0.2, 0.25) is 5.02 Å². The average molecular weight is 957 g/mol. The molecule has 0 bridgehead atoms. The van der Waals surface area contributed by atoms with Crippen molar-refractivity contribution < 1.29 is 52.1 Å². The van der Waals surface area contributed by atoms with Gasteiger partial charge in [0.2, 0.25) is 17.8 Å². The number of piperazine rings is 1. The third-order valence-corrected chi connectivity index (χ3v) is 14.0. The molecule has 1 aromatic heterocycles. The molecule has 20 heteroatoms. The number of aromatic nitrogens is 2. The Morgan fingerprint density at radius 3 is 2.30 bits per heavy atom. The molecule has 8 rings (SSSR count). The van der Waals surface area contributed by atoms with Crippen LogP contribution in [0.25, 0.3) is 0 Å². The Morgan fingerprint density at radius 1 is 0.909 bits per heavy atom. The van der Waals surface area contributed by atoms with Crippen molar-refractivity contribution in [3.63, 3.8) is 0 Å². The number of sulfone groups is 1. The third-order valence-electron chi connectivity index (χ3n) is 11.5. The normalized spacial score (nSPS) is 23.5. The molecule has 0 aliphatic carbocycles. The van der Waals surface area contributed by atoms with Crippen molar-refractivity contribution in [3.05, 3.63) is 82.0 Å². The highest BCUT2D eigenvalue weighted by Gasteiger charge is 2.47. The van der Waals surface area contributed by atoms with Gasteiger partial charge in [-0.15, -0.1) is 0 Å². The first kappa shape index (κ1) is 37.2. The molecule has 3 fully saturated rings. The number of anilines is 6. The van der Waals surface area contributed by atoms with Crippen molar-refractivity contribution in [1.82, 2.24) is 25.1 Å². The number of carbonyl (C=O) groups is 4. The Bertz CT molecular complexity index is 3070. The van der Waals surface area contributed by atoms with E-state index >= 15 is 8.78 Å². The number of nitrogens with zero attached hydrogens (tertiary/aromatic N) is 6. The molecule has 3 N–H and O–H groups in total. The Morgan fingerprint density at radius 2 is 1.62 bits per heavy atom. The molecule has 16 nitrogen and oxygen atoms in total. The van der Waals surface area contributed by atoms with Crippen LogP contribution in [0, 0.1) is 24.5 Å². The predicted octanol–water partition coefficient (Wildman–Crippen LogP) is 6.61. The van der Waals surface area contributed by atoms with Gasteiger partial charge in [0, 0.05) is 69.3 Å². The molecule has 3 saturated heterocycles. The number of amides is 4. The van der Waals surface area contributed by atoms with Crippen molar-refractivity contribution >= 4 is 79.6 Å². The van der Waals surface area contributed by atoms with Gasteiger partial charge in [0.1, 0.15) is 16.8 Å².